The van der Waals surface area contributed by atoms with Gasteiger partial charge in [-0.25, -0.2) is 9.97 Å². The van der Waals surface area contributed by atoms with Crippen molar-refractivity contribution in [1.82, 2.24) is 9.97 Å². The quantitative estimate of drug-likeness (QED) is 0.848. The van der Waals surface area contributed by atoms with Gasteiger partial charge < -0.3 is 15.8 Å². The van der Waals surface area contributed by atoms with E-state index in [2.05, 4.69) is 15.3 Å². The van der Waals surface area contributed by atoms with Crippen LogP contribution in [0, 0.1) is 0 Å². The number of rotatable bonds is 2. The summed E-state index contributed by atoms with van der Waals surface area (Å²) in [5.41, 5.74) is 4.92. The highest BCUT2D eigenvalue weighted by Crippen LogP contribution is 2.29. The van der Waals surface area contributed by atoms with Crippen LogP contribution in [0.5, 0.6) is 0 Å². The van der Waals surface area contributed by atoms with Gasteiger partial charge in [0.25, 0.3) is 0 Å². The lowest BCUT2D eigenvalue weighted by atomic mass is 10.0. The molecule has 2 rings (SSSR count). The number of hydrogen-bond donors (Lipinski definition) is 2. The van der Waals surface area contributed by atoms with Gasteiger partial charge in [-0.15, -0.1) is 0 Å². The van der Waals surface area contributed by atoms with Crippen LogP contribution in [0.25, 0.3) is 0 Å². The molecule has 1 aromatic rings. The summed E-state index contributed by atoms with van der Waals surface area (Å²) in [6.07, 6.45) is -3.92. The number of halogens is 3. The van der Waals surface area contributed by atoms with Crippen molar-refractivity contribution in [1.29, 1.82) is 0 Å². The third kappa shape index (κ3) is 2.81. The third-order valence-corrected chi connectivity index (χ3v) is 2.65. The van der Waals surface area contributed by atoms with Gasteiger partial charge in [0.05, 0.1) is 12.1 Å². The van der Waals surface area contributed by atoms with Crippen LogP contribution in [0.4, 0.5) is 24.8 Å². The number of nitrogens with two attached hydrogens (primary N) is 1. The van der Waals surface area contributed by atoms with Crippen molar-refractivity contribution >= 4 is 11.6 Å². The molecule has 0 radical (unpaired) electrons. The van der Waals surface area contributed by atoms with E-state index in [0.29, 0.717) is 19.6 Å². The molecule has 3 N–H and O–H groups in total. The Balaban J connectivity index is 2.25. The number of hydrogen-bond acceptors (Lipinski definition) is 5. The van der Waals surface area contributed by atoms with Crippen LogP contribution in [0.15, 0.2) is 6.07 Å². The summed E-state index contributed by atoms with van der Waals surface area (Å²) in [6.45, 7) is 2.83. The van der Waals surface area contributed by atoms with Gasteiger partial charge in [-0.2, -0.15) is 13.2 Å². The first-order chi connectivity index (χ1) is 8.28. The summed E-state index contributed by atoms with van der Waals surface area (Å²) in [5.74, 6) is -1.40. The Morgan fingerprint density at radius 3 is 2.72 bits per heavy atom. The molecular weight excluding hydrogens is 249 g/mol. The number of anilines is 2. The highest BCUT2D eigenvalue weighted by Gasteiger charge is 2.36. The molecule has 1 fully saturated rings. The topological polar surface area (TPSA) is 73.1 Å². The van der Waals surface area contributed by atoms with Crippen LogP contribution in [-0.2, 0) is 10.9 Å². The van der Waals surface area contributed by atoms with E-state index in [9.17, 15) is 13.2 Å². The standard InChI is InChI=1S/C10H13F3N4O/c1-9(2-3-18-5-9)17-7-4-6(14)15-8(16-7)10(11,12)13/h4H,2-3,5H2,1H3,(H3,14,15,16,17). The van der Waals surface area contributed by atoms with Crippen molar-refractivity contribution in [3.63, 3.8) is 0 Å². The van der Waals surface area contributed by atoms with Gasteiger partial charge in [0.1, 0.15) is 11.6 Å². The molecule has 1 aromatic heterocycles. The number of ether oxygens (including phenoxy) is 1. The molecule has 1 atom stereocenters. The number of aromatic nitrogens is 2. The summed E-state index contributed by atoms with van der Waals surface area (Å²) < 4.78 is 42.8. The molecule has 8 heteroatoms. The molecule has 0 aromatic carbocycles. The third-order valence-electron chi connectivity index (χ3n) is 2.65. The molecule has 0 aliphatic carbocycles. The maximum atomic E-state index is 12.5. The van der Waals surface area contributed by atoms with Gasteiger partial charge in [0.15, 0.2) is 0 Å². The van der Waals surface area contributed by atoms with Crippen LogP contribution in [0.2, 0.25) is 0 Å². The minimum atomic E-state index is -4.61. The minimum absolute atomic E-state index is 0.0582. The highest BCUT2D eigenvalue weighted by atomic mass is 19.4. The van der Waals surface area contributed by atoms with Gasteiger partial charge in [-0.1, -0.05) is 0 Å². The Hall–Kier alpha value is -1.57. The van der Waals surface area contributed by atoms with E-state index in [0.717, 1.165) is 0 Å². The summed E-state index contributed by atoms with van der Waals surface area (Å²) in [6, 6.07) is 1.28. The van der Waals surface area contributed by atoms with Crippen molar-refractivity contribution in [2.75, 3.05) is 24.3 Å². The first-order valence-electron chi connectivity index (χ1n) is 5.36. The first-order valence-corrected chi connectivity index (χ1v) is 5.36. The number of nitrogens with zero attached hydrogens (tertiary/aromatic N) is 2. The van der Waals surface area contributed by atoms with E-state index >= 15 is 0 Å². The number of alkyl halides is 3. The van der Waals surface area contributed by atoms with E-state index in [1.165, 1.54) is 6.07 Å². The highest BCUT2D eigenvalue weighted by molar-refractivity contribution is 5.46. The molecule has 0 saturated carbocycles. The van der Waals surface area contributed by atoms with Crippen LogP contribution in [-0.4, -0.2) is 28.7 Å². The lowest BCUT2D eigenvalue weighted by molar-refractivity contribution is -0.144. The molecule has 1 aliphatic heterocycles. The van der Waals surface area contributed by atoms with E-state index in [-0.39, 0.29) is 11.6 Å². The van der Waals surface area contributed by atoms with Crippen molar-refractivity contribution in [2.24, 2.45) is 0 Å². The van der Waals surface area contributed by atoms with E-state index < -0.39 is 17.5 Å². The normalized spacial score (nSPS) is 24.2. The number of nitrogens with one attached hydrogen (secondary N) is 1. The molecule has 1 aliphatic rings. The molecule has 1 unspecified atom stereocenters. The monoisotopic (exact) mass is 262 g/mol. The molecular formula is C10H13F3N4O. The van der Waals surface area contributed by atoms with Crippen LogP contribution in [0.1, 0.15) is 19.2 Å². The SMILES string of the molecule is CC1(Nc2cc(N)nc(C(F)(F)F)n2)CCOC1. The largest absolute Gasteiger partial charge is 0.451 e. The molecule has 5 nitrogen and oxygen atoms in total. The van der Waals surface area contributed by atoms with Gasteiger partial charge >= 0.3 is 6.18 Å². The van der Waals surface area contributed by atoms with E-state index in [1.54, 1.807) is 0 Å². The summed E-state index contributed by atoms with van der Waals surface area (Å²) >= 11 is 0. The molecule has 0 spiro atoms. The lowest BCUT2D eigenvalue weighted by Gasteiger charge is -2.24. The maximum Gasteiger partial charge on any atom is 0.451 e. The van der Waals surface area contributed by atoms with Gasteiger partial charge in [0.2, 0.25) is 5.82 Å². The smallest absolute Gasteiger partial charge is 0.384 e. The second kappa shape index (κ2) is 4.27. The summed E-state index contributed by atoms with van der Waals surface area (Å²) in [4.78, 5) is 6.60. The Bertz CT molecular complexity index is 443. The van der Waals surface area contributed by atoms with Crippen molar-refractivity contribution in [3.05, 3.63) is 11.9 Å². The van der Waals surface area contributed by atoms with E-state index in [1.807, 2.05) is 6.92 Å². The minimum Gasteiger partial charge on any atom is -0.384 e. The second-order valence-electron chi connectivity index (χ2n) is 4.49. The van der Waals surface area contributed by atoms with E-state index in [4.69, 9.17) is 10.5 Å². The zero-order chi connectivity index (χ0) is 13.4. The average molecular weight is 262 g/mol. The van der Waals surface area contributed by atoms with Gasteiger partial charge in [-0.3, -0.25) is 0 Å². The predicted molar refractivity (Wildman–Crippen MR) is 58.9 cm³/mol. The molecule has 0 bridgehead atoms. The van der Waals surface area contributed by atoms with Gasteiger partial charge in [-0.05, 0) is 13.3 Å². The molecule has 100 valence electrons. The fraction of sp³-hybridized carbons (Fsp3) is 0.600. The van der Waals surface area contributed by atoms with Crippen LogP contribution >= 0.6 is 0 Å². The molecule has 18 heavy (non-hydrogen) atoms. The van der Waals surface area contributed by atoms with Crippen molar-refractivity contribution in [3.8, 4) is 0 Å². The maximum absolute atomic E-state index is 12.5. The summed E-state index contributed by atoms with van der Waals surface area (Å²) in [5, 5.41) is 2.91. The Morgan fingerprint density at radius 2 is 2.17 bits per heavy atom. The molecule has 1 saturated heterocycles. The fourth-order valence-electron chi connectivity index (χ4n) is 1.73. The Labute approximate surface area is 102 Å². The van der Waals surface area contributed by atoms with Crippen LogP contribution < -0.4 is 11.1 Å². The summed E-state index contributed by atoms with van der Waals surface area (Å²) in [7, 11) is 0. The molecule has 2 heterocycles. The first kappa shape index (κ1) is 12.9. The predicted octanol–water partition coefficient (Wildman–Crippen LogP) is 1.67. The second-order valence-corrected chi connectivity index (χ2v) is 4.49. The fourth-order valence-corrected chi connectivity index (χ4v) is 1.73. The molecule has 0 amide bonds. The van der Waals surface area contributed by atoms with Crippen LogP contribution in [0.3, 0.4) is 0 Å². The van der Waals surface area contributed by atoms with Gasteiger partial charge in [0, 0.05) is 12.7 Å². The number of nitrogen functional groups attached to an aromatic ring is 1. The Morgan fingerprint density at radius 1 is 1.44 bits per heavy atom. The zero-order valence-electron chi connectivity index (χ0n) is 9.71. The van der Waals surface area contributed by atoms with Crippen molar-refractivity contribution < 1.29 is 17.9 Å². The average Bonchev–Trinajstić information content (AvgIpc) is 2.62. The lowest BCUT2D eigenvalue weighted by Crippen LogP contribution is -2.35. The zero-order valence-corrected chi connectivity index (χ0v) is 9.71. The van der Waals surface area contributed by atoms with Crippen molar-refractivity contribution in [2.45, 2.75) is 25.1 Å². The Kier molecular flexibility index (Phi) is 3.05.